The number of amides is 1. The minimum atomic E-state index is -0.488. The quantitative estimate of drug-likeness (QED) is 0.761. The van der Waals surface area contributed by atoms with Gasteiger partial charge in [0.15, 0.2) is 0 Å². The van der Waals surface area contributed by atoms with Crippen LogP contribution in [0, 0.1) is 0 Å². The normalized spacial score (nSPS) is 23.6. The Labute approximate surface area is 89.1 Å². The molecule has 0 spiro atoms. The van der Waals surface area contributed by atoms with E-state index in [-0.39, 0.29) is 11.9 Å². The van der Waals surface area contributed by atoms with Crippen LogP contribution in [0.4, 0.5) is 0 Å². The third-order valence-electron chi connectivity index (χ3n) is 2.84. The van der Waals surface area contributed by atoms with Crippen molar-refractivity contribution >= 4 is 5.91 Å². The topological polar surface area (TPSA) is 49.3 Å². The molecule has 0 aliphatic heterocycles. The van der Waals surface area contributed by atoms with Gasteiger partial charge in [0.1, 0.15) is 0 Å². The molecule has 0 radical (unpaired) electrons. The van der Waals surface area contributed by atoms with E-state index < -0.39 is 6.10 Å². The molecule has 2 N–H and O–H groups in total. The van der Waals surface area contributed by atoms with Gasteiger partial charge in [-0.2, -0.15) is 0 Å². The molecule has 1 amide bonds. The first-order valence-corrected chi connectivity index (χ1v) is 5.27. The van der Waals surface area contributed by atoms with E-state index in [0.29, 0.717) is 12.8 Å². The molecule has 1 aliphatic rings. The van der Waals surface area contributed by atoms with Crippen molar-refractivity contribution in [1.29, 1.82) is 0 Å². The summed E-state index contributed by atoms with van der Waals surface area (Å²) in [5.41, 5.74) is 2.18. The van der Waals surface area contributed by atoms with E-state index in [4.69, 9.17) is 0 Å². The summed E-state index contributed by atoms with van der Waals surface area (Å²) in [5.74, 6) is -0.0178. The molecule has 2 atom stereocenters. The summed E-state index contributed by atoms with van der Waals surface area (Å²) in [4.78, 5) is 11.3. The molecule has 0 bridgehead atoms. The number of aliphatic hydroxyl groups is 1. The maximum absolute atomic E-state index is 11.3. The predicted molar refractivity (Wildman–Crippen MR) is 57.3 cm³/mol. The number of aliphatic hydroxyl groups excluding tert-OH is 1. The zero-order chi connectivity index (χ0) is 10.8. The van der Waals surface area contributed by atoms with E-state index in [1.54, 1.807) is 0 Å². The van der Waals surface area contributed by atoms with Gasteiger partial charge in [-0.1, -0.05) is 31.2 Å². The van der Waals surface area contributed by atoms with Crippen LogP contribution in [0.15, 0.2) is 24.3 Å². The molecule has 0 saturated carbocycles. The molecule has 0 heterocycles. The molecular weight excluding hydrogens is 190 g/mol. The minimum Gasteiger partial charge on any atom is -0.390 e. The summed E-state index contributed by atoms with van der Waals surface area (Å²) in [6.07, 6.45) is 0.592. The number of carbonyl (C=O) groups is 1. The fourth-order valence-corrected chi connectivity index (χ4v) is 2.02. The van der Waals surface area contributed by atoms with Gasteiger partial charge >= 0.3 is 0 Å². The molecule has 3 heteroatoms. The largest absolute Gasteiger partial charge is 0.390 e. The van der Waals surface area contributed by atoms with Crippen LogP contribution in [0.3, 0.4) is 0 Å². The monoisotopic (exact) mass is 205 g/mol. The zero-order valence-electron chi connectivity index (χ0n) is 8.73. The van der Waals surface area contributed by atoms with E-state index in [0.717, 1.165) is 11.1 Å². The second kappa shape index (κ2) is 4.03. The zero-order valence-corrected chi connectivity index (χ0v) is 8.73. The first-order chi connectivity index (χ1) is 7.22. The van der Waals surface area contributed by atoms with Crippen LogP contribution in [0.25, 0.3) is 0 Å². The Bertz CT molecular complexity index is 376. The van der Waals surface area contributed by atoms with Gasteiger partial charge in [0.25, 0.3) is 0 Å². The number of rotatable bonds is 2. The molecular formula is C12H15NO2. The highest BCUT2D eigenvalue weighted by atomic mass is 16.3. The van der Waals surface area contributed by atoms with Crippen LogP contribution in [-0.2, 0) is 11.2 Å². The Hall–Kier alpha value is -1.35. The number of fused-ring (bicyclic) bond motifs is 1. The highest BCUT2D eigenvalue weighted by Gasteiger charge is 2.31. The third-order valence-corrected chi connectivity index (χ3v) is 2.84. The molecule has 1 aromatic rings. The van der Waals surface area contributed by atoms with E-state index in [1.807, 2.05) is 31.2 Å². The van der Waals surface area contributed by atoms with E-state index >= 15 is 0 Å². The van der Waals surface area contributed by atoms with Gasteiger partial charge in [-0.3, -0.25) is 4.79 Å². The summed E-state index contributed by atoms with van der Waals surface area (Å²) in [7, 11) is 0. The van der Waals surface area contributed by atoms with E-state index in [9.17, 15) is 9.90 Å². The van der Waals surface area contributed by atoms with Crippen LogP contribution in [0.1, 0.15) is 30.5 Å². The molecule has 0 fully saturated rings. The van der Waals surface area contributed by atoms with Gasteiger partial charge in [0, 0.05) is 12.8 Å². The molecule has 2 rings (SSSR count). The van der Waals surface area contributed by atoms with Crippen molar-refractivity contribution in [3.05, 3.63) is 35.4 Å². The fourth-order valence-electron chi connectivity index (χ4n) is 2.02. The SMILES string of the molecule is CCC(=O)NC1c2ccccc2C[C@H]1O. The third kappa shape index (κ3) is 1.88. The first kappa shape index (κ1) is 10.2. The fraction of sp³-hybridized carbons (Fsp3) is 0.417. The second-order valence-electron chi connectivity index (χ2n) is 3.87. The van der Waals surface area contributed by atoms with E-state index in [2.05, 4.69) is 5.32 Å². The van der Waals surface area contributed by atoms with Crippen LogP contribution < -0.4 is 5.32 Å². The molecule has 1 aliphatic carbocycles. The average Bonchev–Trinajstić information content (AvgIpc) is 2.55. The van der Waals surface area contributed by atoms with Crippen LogP contribution in [0.5, 0.6) is 0 Å². The van der Waals surface area contributed by atoms with Gasteiger partial charge in [-0.05, 0) is 11.1 Å². The molecule has 1 aromatic carbocycles. The number of hydrogen-bond donors (Lipinski definition) is 2. The van der Waals surface area contributed by atoms with Crippen LogP contribution in [-0.4, -0.2) is 17.1 Å². The highest BCUT2D eigenvalue weighted by molar-refractivity contribution is 5.76. The number of hydrogen-bond acceptors (Lipinski definition) is 2. The lowest BCUT2D eigenvalue weighted by Crippen LogP contribution is -2.33. The van der Waals surface area contributed by atoms with Crippen molar-refractivity contribution < 1.29 is 9.90 Å². The summed E-state index contributed by atoms with van der Waals surface area (Å²) in [5, 5.41) is 12.7. The predicted octanol–water partition coefficient (Wildman–Crippen LogP) is 1.17. The lowest BCUT2D eigenvalue weighted by Gasteiger charge is -2.17. The summed E-state index contributed by atoms with van der Waals surface area (Å²) in [6, 6.07) is 7.62. The summed E-state index contributed by atoms with van der Waals surface area (Å²) >= 11 is 0. The Kier molecular flexibility index (Phi) is 2.73. The van der Waals surface area contributed by atoms with Crippen molar-refractivity contribution in [2.24, 2.45) is 0 Å². The summed E-state index contributed by atoms with van der Waals surface area (Å²) < 4.78 is 0. The van der Waals surface area contributed by atoms with E-state index in [1.165, 1.54) is 0 Å². The minimum absolute atomic E-state index is 0.0178. The molecule has 80 valence electrons. The molecule has 3 nitrogen and oxygen atoms in total. The van der Waals surface area contributed by atoms with Gasteiger partial charge < -0.3 is 10.4 Å². The van der Waals surface area contributed by atoms with Gasteiger partial charge in [-0.15, -0.1) is 0 Å². The van der Waals surface area contributed by atoms with Gasteiger partial charge in [0.2, 0.25) is 5.91 Å². The first-order valence-electron chi connectivity index (χ1n) is 5.27. The Balaban J connectivity index is 2.22. The molecule has 0 aromatic heterocycles. The van der Waals surface area contributed by atoms with Crippen molar-refractivity contribution in [3.8, 4) is 0 Å². The molecule has 1 unspecified atom stereocenters. The maximum atomic E-state index is 11.3. The average molecular weight is 205 g/mol. The smallest absolute Gasteiger partial charge is 0.220 e. The number of benzene rings is 1. The number of nitrogens with one attached hydrogen (secondary N) is 1. The Morgan fingerprint density at radius 2 is 2.27 bits per heavy atom. The molecule has 0 saturated heterocycles. The number of carbonyl (C=O) groups excluding carboxylic acids is 1. The van der Waals surface area contributed by atoms with Crippen molar-refractivity contribution in [3.63, 3.8) is 0 Å². The van der Waals surface area contributed by atoms with Gasteiger partial charge in [0.05, 0.1) is 12.1 Å². The molecule has 15 heavy (non-hydrogen) atoms. The van der Waals surface area contributed by atoms with Crippen molar-refractivity contribution in [1.82, 2.24) is 5.32 Å². The lowest BCUT2D eigenvalue weighted by atomic mass is 10.1. The Morgan fingerprint density at radius 3 is 3.00 bits per heavy atom. The Morgan fingerprint density at radius 1 is 1.53 bits per heavy atom. The van der Waals surface area contributed by atoms with Gasteiger partial charge in [-0.25, -0.2) is 0 Å². The van der Waals surface area contributed by atoms with Crippen molar-refractivity contribution in [2.75, 3.05) is 0 Å². The highest BCUT2D eigenvalue weighted by Crippen LogP contribution is 2.31. The van der Waals surface area contributed by atoms with Crippen LogP contribution in [0.2, 0.25) is 0 Å². The van der Waals surface area contributed by atoms with Crippen molar-refractivity contribution in [2.45, 2.75) is 31.9 Å². The van der Waals surface area contributed by atoms with Crippen LogP contribution >= 0.6 is 0 Å². The maximum Gasteiger partial charge on any atom is 0.220 e. The second-order valence-corrected chi connectivity index (χ2v) is 3.87. The lowest BCUT2D eigenvalue weighted by molar-refractivity contribution is -0.122. The summed E-state index contributed by atoms with van der Waals surface area (Å²) in [6.45, 7) is 1.81. The standard InChI is InChI=1S/C12H15NO2/c1-2-11(15)13-12-9-6-4-3-5-8(9)7-10(12)14/h3-6,10,12,14H,2,7H2,1H3,(H,13,15)/t10-,12?/m1/s1.